The highest BCUT2D eigenvalue weighted by atomic mass is 79.9. The van der Waals surface area contributed by atoms with Gasteiger partial charge in [0.2, 0.25) is 5.78 Å². The molecule has 2 heterocycles. The summed E-state index contributed by atoms with van der Waals surface area (Å²) in [6, 6.07) is 1.85. The molecule has 0 unspecified atom stereocenters. The highest BCUT2D eigenvalue weighted by Crippen LogP contribution is 2.20. The van der Waals surface area contributed by atoms with Crippen LogP contribution in [0.2, 0.25) is 0 Å². The van der Waals surface area contributed by atoms with Gasteiger partial charge < -0.3 is 4.90 Å². The molecular weight excluding hydrogens is 334 g/mol. The third-order valence-electron chi connectivity index (χ3n) is 3.29. The van der Waals surface area contributed by atoms with Crippen molar-refractivity contribution >= 4 is 21.7 Å². The van der Waals surface area contributed by atoms with Crippen molar-refractivity contribution in [3.05, 3.63) is 33.8 Å². The van der Waals surface area contributed by atoms with Gasteiger partial charge in [-0.2, -0.15) is 10.2 Å². The molecule has 2 aromatic heterocycles. The Morgan fingerprint density at radius 2 is 2.14 bits per heavy atom. The average molecular weight is 354 g/mol. The molecule has 0 saturated carbocycles. The average Bonchev–Trinajstić information content (AvgIpc) is 2.99. The Bertz CT molecular complexity index is 644. The summed E-state index contributed by atoms with van der Waals surface area (Å²) in [6.07, 6.45) is 2.47. The van der Waals surface area contributed by atoms with Crippen molar-refractivity contribution < 1.29 is 4.79 Å². The van der Waals surface area contributed by atoms with E-state index in [1.165, 1.54) is 0 Å². The van der Waals surface area contributed by atoms with E-state index in [0.717, 1.165) is 18.7 Å². The quantitative estimate of drug-likeness (QED) is 0.742. The zero-order valence-corrected chi connectivity index (χ0v) is 14.4. The Morgan fingerprint density at radius 3 is 2.71 bits per heavy atom. The van der Waals surface area contributed by atoms with E-state index in [2.05, 4.69) is 31.0 Å². The van der Waals surface area contributed by atoms with Crippen LogP contribution in [0.15, 0.2) is 16.7 Å². The second-order valence-electron chi connectivity index (χ2n) is 5.19. The number of carbonyl (C=O) groups is 1. The molecule has 0 radical (unpaired) electrons. The Balaban J connectivity index is 2.34. The van der Waals surface area contributed by atoms with Crippen molar-refractivity contribution in [2.75, 3.05) is 20.6 Å². The van der Waals surface area contributed by atoms with Crippen LogP contribution in [-0.4, -0.2) is 50.9 Å². The van der Waals surface area contributed by atoms with Gasteiger partial charge in [-0.05, 0) is 42.5 Å². The van der Waals surface area contributed by atoms with Crippen molar-refractivity contribution in [2.45, 2.75) is 19.9 Å². The van der Waals surface area contributed by atoms with Gasteiger partial charge in [-0.3, -0.25) is 14.2 Å². The predicted molar refractivity (Wildman–Crippen MR) is 84.5 cm³/mol. The molecule has 0 aliphatic heterocycles. The van der Waals surface area contributed by atoms with E-state index in [4.69, 9.17) is 0 Å². The molecule has 0 spiro atoms. The van der Waals surface area contributed by atoms with Crippen molar-refractivity contribution in [1.29, 1.82) is 0 Å². The summed E-state index contributed by atoms with van der Waals surface area (Å²) in [7, 11) is 5.78. The van der Waals surface area contributed by atoms with Crippen LogP contribution >= 0.6 is 15.9 Å². The van der Waals surface area contributed by atoms with E-state index in [-0.39, 0.29) is 5.78 Å². The summed E-state index contributed by atoms with van der Waals surface area (Å²) < 4.78 is 4.09. The molecule has 0 amide bonds. The van der Waals surface area contributed by atoms with Crippen molar-refractivity contribution in [2.24, 2.45) is 7.05 Å². The Labute approximate surface area is 132 Å². The third kappa shape index (κ3) is 3.41. The smallest absolute Gasteiger partial charge is 0.230 e. The maximum Gasteiger partial charge on any atom is 0.230 e. The van der Waals surface area contributed by atoms with Gasteiger partial charge in [-0.25, -0.2) is 0 Å². The minimum Gasteiger partial charge on any atom is -0.308 e. The molecule has 2 aromatic rings. The monoisotopic (exact) mass is 353 g/mol. The largest absolute Gasteiger partial charge is 0.308 e. The molecular formula is C14H20BrN5O. The highest BCUT2D eigenvalue weighted by Gasteiger charge is 2.22. The lowest BCUT2D eigenvalue weighted by molar-refractivity contribution is 0.101. The van der Waals surface area contributed by atoms with Crippen LogP contribution in [0.1, 0.15) is 28.8 Å². The third-order valence-corrected chi connectivity index (χ3v) is 3.87. The molecule has 0 atom stereocenters. The first-order valence-corrected chi connectivity index (χ1v) is 7.67. The van der Waals surface area contributed by atoms with Gasteiger partial charge in [-0.1, -0.05) is 6.92 Å². The normalized spacial score (nSPS) is 11.3. The molecule has 0 saturated heterocycles. The lowest BCUT2D eigenvalue weighted by Crippen LogP contribution is -2.22. The van der Waals surface area contributed by atoms with Gasteiger partial charge in [0.15, 0.2) is 0 Å². The lowest BCUT2D eigenvalue weighted by atomic mass is 10.2. The van der Waals surface area contributed by atoms with Gasteiger partial charge in [0.25, 0.3) is 0 Å². The summed E-state index contributed by atoms with van der Waals surface area (Å²) in [6.45, 7) is 3.51. The van der Waals surface area contributed by atoms with Gasteiger partial charge in [0.1, 0.15) is 11.4 Å². The SMILES string of the molecule is CCc1cc(C(=O)c2c(Br)cnn2CCN(C)C)n(C)n1. The number of carbonyl (C=O) groups excluding carboxylic acids is 1. The van der Waals surface area contributed by atoms with E-state index in [0.29, 0.717) is 22.4 Å². The van der Waals surface area contributed by atoms with Crippen LogP contribution in [-0.2, 0) is 20.0 Å². The topological polar surface area (TPSA) is 56.0 Å². The number of aryl methyl sites for hydroxylation is 2. The van der Waals surface area contributed by atoms with Gasteiger partial charge in [-0.15, -0.1) is 0 Å². The fourth-order valence-electron chi connectivity index (χ4n) is 2.09. The van der Waals surface area contributed by atoms with E-state index in [1.807, 2.05) is 27.1 Å². The molecule has 0 fully saturated rings. The molecule has 6 nitrogen and oxygen atoms in total. The summed E-state index contributed by atoms with van der Waals surface area (Å²) in [5.41, 5.74) is 2.07. The number of rotatable bonds is 6. The minimum absolute atomic E-state index is 0.0622. The van der Waals surface area contributed by atoms with Crippen LogP contribution < -0.4 is 0 Å². The zero-order valence-electron chi connectivity index (χ0n) is 12.8. The second kappa shape index (κ2) is 6.53. The molecule has 0 N–H and O–H groups in total. The molecule has 114 valence electrons. The summed E-state index contributed by atoms with van der Waals surface area (Å²) in [5.74, 6) is -0.0622. The Kier molecular flexibility index (Phi) is 4.95. The van der Waals surface area contributed by atoms with E-state index < -0.39 is 0 Å². The molecule has 0 bridgehead atoms. The molecule has 2 rings (SSSR count). The Hall–Kier alpha value is -1.47. The van der Waals surface area contributed by atoms with Gasteiger partial charge in [0.05, 0.1) is 22.9 Å². The number of likely N-dealkylation sites (N-methyl/N-ethyl adjacent to an activating group) is 1. The zero-order chi connectivity index (χ0) is 15.6. The van der Waals surface area contributed by atoms with E-state index in [9.17, 15) is 4.79 Å². The second-order valence-corrected chi connectivity index (χ2v) is 6.05. The van der Waals surface area contributed by atoms with E-state index in [1.54, 1.807) is 22.6 Å². The first-order chi connectivity index (χ1) is 9.93. The number of hydrogen-bond donors (Lipinski definition) is 0. The molecule has 0 aliphatic rings. The van der Waals surface area contributed by atoms with Gasteiger partial charge >= 0.3 is 0 Å². The molecule has 0 aliphatic carbocycles. The van der Waals surface area contributed by atoms with Crippen LogP contribution in [0, 0.1) is 0 Å². The van der Waals surface area contributed by atoms with Crippen molar-refractivity contribution in [1.82, 2.24) is 24.5 Å². The number of hydrogen-bond acceptors (Lipinski definition) is 4. The number of nitrogens with zero attached hydrogens (tertiary/aromatic N) is 5. The van der Waals surface area contributed by atoms with Crippen molar-refractivity contribution in [3.8, 4) is 0 Å². The van der Waals surface area contributed by atoms with Crippen LogP contribution in [0.3, 0.4) is 0 Å². The lowest BCUT2D eigenvalue weighted by Gasteiger charge is -2.11. The number of halogens is 1. The number of ketones is 1. The predicted octanol–water partition coefficient (Wildman–Crippen LogP) is 1.73. The highest BCUT2D eigenvalue weighted by molar-refractivity contribution is 9.10. The molecule has 0 aromatic carbocycles. The summed E-state index contributed by atoms with van der Waals surface area (Å²) in [5, 5.41) is 8.62. The Morgan fingerprint density at radius 1 is 1.43 bits per heavy atom. The fourth-order valence-corrected chi connectivity index (χ4v) is 2.56. The minimum atomic E-state index is -0.0622. The van der Waals surface area contributed by atoms with Crippen molar-refractivity contribution in [3.63, 3.8) is 0 Å². The van der Waals surface area contributed by atoms with Crippen LogP contribution in [0.5, 0.6) is 0 Å². The maximum atomic E-state index is 12.8. The molecule has 7 heteroatoms. The summed E-state index contributed by atoms with van der Waals surface area (Å²) >= 11 is 3.42. The first-order valence-electron chi connectivity index (χ1n) is 6.87. The van der Waals surface area contributed by atoms with E-state index >= 15 is 0 Å². The fraction of sp³-hybridized carbons (Fsp3) is 0.500. The standard InChI is InChI=1S/C14H20BrN5O/c1-5-10-8-12(19(4)17-10)14(21)13-11(15)9-16-20(13)7-6-18(2)3/h8-9H,5-7H2,1-4H3. The number of aromatic nitrogens is 4. The summed E-state index contributed by atoms with van der Waals surface area (Å²) in [4.78, 5) is 14.8. The van der Waals surface area contributed by atoms with Crippen LogP contribution in [0.25, 0.3) is 0 Å². The van der Waals surface area contributed by atoms with Crippen LogP contribution in [0.4, 0.5) is 0 Å². The maximum absolute atomic E-state index is 12.8. The van der Waals surface area contributed by atoms with Gasteiger partial charge in [0, 0.05) is 13.6 Å². The first kappa shape index (κ1) is 15.9. The molecule has 21 heavy (non-hydrogen) atoms.